The Labute approximate surface area is 127 Å². The second-order valence-electron chi connectivity index (χ2n) is 6.57. The van der Waals surface area contributed by atoms with Gasteiger partial charge in [0.15, 0.2) is 0 Å². The lowest BCUT2D eigenvalue weighted by Crippen LogP contribution is -2.42. The van der Waals surface area contributed by atoms with Crippen molar-refractivity contribution in [3.63, 3.8) is 0 Å². The minimum atomic E-state index is -0.0559. The summed E-state index contributed by atoms with van der Waals surface area (Å²) in [6.45, 7) is 5.83. The van der Waals surface area contributed by atoms with Crippen molar-refractivity contribution in [3.8, 4) is 0 Å². The van der Waals surface area contributed by atoms with E-state index in [1.807, 2.05) is 6.07 Å². The molecule has 2 unspecified atom stereocenters. The van der Waals surface area contributed by atoms with Gasteiger partial charge < -0.3 is 10.2 Å². The highest BCUT2D eigenvalue weighted by molar-refractivity contribution is 5.55. The van der Waals surface area contributed by atoms with Crippen LogP contribution in [-0.4, -0.2) is 19.6 Å². The number of nitrogens with zero attached hydrogens (tertiary/aromatic N) is 1. The number of para-hydroxylation sites is 1. The van der Waals surface area contributed by atoms with E-state index in [1.54, 1.807) is 6.07 Å². The molecule has 2 aliphatic rings. The number of fused-ring (bicyclic) bond motifs is 1. The third-order valence-corrected chi connectivity index (χ3v) is 5.24. The SMILES string of the molecule is CCNCc1cccc(F)c1N1CCC2CCCCC2C1. The molecule has 0 bridgehead atoms. The molecule has 1 aromatic rings. The molecule has 1 saturated heterocycles. The van der Waals surface area contributed by atoms with Crippen LogP contribution in [0.4, 0.5) is 10.1 Å². The van der Waals surface area contributed by atoms with E-state index >= 15 is 0 Å². The van der Waals surface area contributed by atoms with Crippen LogP contribution >= 0.6 is 0 Å². The Bertz CT molecular complexity index is 474. The molecule has 2 atom stereocenters. The molecule has 3 rings (SSSR count). The lowest BCUT2D eigenvalue weighted by Gasteiger charge is -2.43. The molecule has 1 N–H and O–H groups in total. The number of benzene rings is 1. The van der Waals surface area contributed by atoms with Gasteiger partial charge in [-0.15, -0.1) is 0 Å². The van der Waals surface area contributed by atoms with Crippen LogP contribution in [0.25, 0.3) is 0 Å². The number of rotatable bonds is 4. The maximum atomic E-state index is 14.4. The summed E-state index contributed by atoms with van der Waals surface area (Å²) < 4.78 is 14.4. The third-order valence-electron chi connectivity index (χ3n) is 5.24. The first-order valence-electron chi connectivity index (χ1n) is 8.52. The molecule has 2 nitrogen and oxygen atoms in total. The van der Waals surface area contributed by atoms with E-state index in [9.17, 15) is 4.39 Å². The van der Waals surface area contributed by atoms with E-state index in [4.69, 9.17) is 0 Å². The average Bonchev–Trinajstić information content (AvgIpc) is 2.52. The van der Waals surface area contributed by atoms with Gasteiger partial charge in [-0.2, -0.15) is 0 Å². The Kier molecular flexibility index (Phi) is 4.79. The zero-order valence-electron chi connectivity index (χ0n) is 13.1. The van der Waals surface area contributed by atoms with Crippen LogP contribution < -0.4 is 10.2 Å². The van der Waals surface area contributed by atoms with Crippen LogP contribution in [0.5, 0.6) is 0 Å². The van der Waals surface area contributed by atoms with Gasteiger partial charge in [-0.3, -0.25) is 0 Å². The Morgan fingerprint density at radius 2 is 2.00 bits per heavy atom. The van der Waals surface area contributed by atoms with Gasteiger partial charge in [0, 0.05) is 19.6 Å². The summed E-state index contributed by atoms with van der Waals surface area (Å²) in [6.07, 6.45) is 6.71. The lowest BCUT2D eigenvalue weighted by molar-refractivity contribution is 0.202. The van der Waals surface area contributed by atoms with Gasteiger partial charge >= 0.3 is 0 Å². The fourth-order valence-corrected chi connectivity index (χ4v) is 4.12. The summed E-state index contributed by atoms with van der Waals surface area (Å²) in [5, 5.41) is 3.33. The van der Waals surface area contributed by atoms with Crippen molar-refractivity contribution in [2.45, 2.75) is 45.6 Å². The van der Waals surface area contributed by atoms with Gasteiger partial charge in [-0.05, 0) is 42.9 Å². The van der Waals surface area contributed by atoms with E-state index in [-0.39, 0.29) is 5.82 Å². The first-order valence-corrected chi connectivity index (χ1v) is 8.52. The smallest absolute Gasteiger partial charge is 0.146 e. The average molecular weight is 290 g/mol. The molecule has 0 radical (unpaired) electrons. The molecular formula is C18H27FN2. The van der Waals surface area contributed by atoms with Gasteiger partial charge in [0.1, 0.15) is 5.82 Å². The molecular weight excluding hydrogens is 263 g/mol. The Balaban J connectivity index is 1.79. The first-order chi connectivity index (χ1) is 10.3. The fraction of sp³-hybridized carbons (Fsp3) is 0.667. The molecule has 1 saturated carbocycles. The molecule has 116 valence electrons. The monoisotopic (exact) mass is 290 g/mol. The molecule has 21 heavy (non-hydrogen) atoms. The summed E-state index contributed by atoms with van der Waals surface area (Å²) >= 11 is 0. The van der Waals surface area contributed by atoms with Crippen molar-refractivity contribution >= 4 is 5.69 Å². The normalized spacial score (nSPS) is 25.7. The summed E-state index contributed by atoms with van der Waals surface area (Å²) in [7, 11) is 0. The number of halogens is 1. The molecule has 1 aliphatic heterocycles. The molecule has 1 aromatic carbocycles. The van der Waals surface area contributed by atoms with Gasteiger partial charge in [0.2, 0.25) is 0 Å². The Morgan fingerprint density at radius 3 is 2.81 bits per heavy atom. The van der Waals surface area contributed by atoms with Crippen LogP contribution in [0.2, 0.25) is 0 Å². The molecule has 0 spiro atoms. The van der Waals surface area contributed by atoms with Crippen LogP contribution in [-0.2, 0) is 6.54 Å². The Morgan fingerprint density at radius 1 is 1.19 bits per heavy atom. The van der Waals surface area contributed by atoms with Crippen LogP contribution in [0.3, 0.4) is 0 Å². The highest BCUT2D eigenvalue weighted by atomic mass is 19.1. The van der Waals surface area contributed by atoms with Gasteiger partial charge in [-0.25, -0.2) is 4.39 Å². The van der Waals surface area contributed by atoms with Gasteiger partial charge in [0.05, 0.1) is 5.69 Å². The van der Waals surface area contributed by atoms with Crippen molar-refractivity contribution in [2.75, 3.05) is 24.5 Å². The van der Waals surface area contributed by atoms with Gasteiger partial charge in [-0.1, -0.05) is 38.3 Å². The molecule has 1 heterocycles. The van der Waals surface area contributed by atoms with E-state index in [1.165, 1.54) is 32.1 Å². The maximum Gasteiger partial charge on any atom is 0.146 e. The highest BCUT2D eigenvalue weighted by Gasteiger charge is 2.32. The van der Waals surface area contributed by atoms with Crippen LogP contribution in [0.1, 0.15) is 44.6 Å². The highest BCUT2D eigenvalue weighted by Crippen LogP contribution is 2.38. The van der Waals surface area contributed by atoms with Gasteiger partial charge in [0.25, 0.3) is 0 Å². The molecule has 2 fully saturated rings. The number of anilines is 1. The van der Waals surface area contributed by atoms with Crippen LogP contribution in [0.15, 0.2) is 18.2 Å². The van der Waals surface area contributed by atoms with Crippen molar-refractivity contribution in [1.82, 2.24) is 5.32 Å². The maximum absolute atomic E-state index is 14.4. The quantitative estimate of drug-likeness (QED) is 0.903. The summed E-state index contributed by atoms with van der Waals surface area (Å²) in [4.78, 5) is 2.31. The first kappa shape index (κ1) is 14.8. The minimum Gasteiger partial charge on any atom is -0.369 e. The van der Waals surface area contributed by atoms with Crippen molar-refractivity contribution in [3.05, 3.63) is 29.6 Å². The zero-order chi connectivity index (χ0) is 14.7. The predicted molar refractivity (Wildman–Crippen MR) is 86.1 cm³/mol. The second-order valence-corrected chi connectivity index (χ2v) is 6.57. The van der Waals surface area contributed by atoms with Crippen LogP contribution in [0, 0.1) is 17.7 Å². The fourth-order valence-electron chi connectivity index (χ4n) is 4.12. The van der Waals surface area contributed by atoms with E-state index < -0.39 is 0 Å². The number of nitrogens with one attached hydrogen (secondary N) is 1. The van der Waals surface area contributed by atoms with E-state index in [2.05, 4.69) is 23.2 Å². The van der Waals surface area contributed by atoms with E-state index in [0.717, 1.165) is 49.3 Å². The lowest BCUT2D eigenvalue weighted by atomic mass is 9.75. The second kappa shape index (κ2) is 6.78. The summed E-state index contributed by atoms with van der Waals surface area (Å²) in [5.41, 5.74) is 1.95. The molecule has 3 heteroatoms. The van der Waals surface area contributed by atoms with Crippen molar-refractivity contribution < 1.29 is 4.39 Å². The third kappa shape index (κ3) is 3.23. The predicted octanol–water partition coefficient (Wildman–Crippen LogP) is 3.95. The van der Waals surface area contributed by atoms with E-state index in [0.29, 0.717) is 0 Å². The number of hydrogen-bond acceptors (Lipinski definition) is 2. The Hall–Kier alpha value is -1.09. The molecule has 1 aliphatic carbocycles. The molecule has 0 amide bonds. The summed E-state index contributed by atoms with van der Waals surface area (Å²) in [5.74, 6) is 1.61. The number of hydrogen-bond donors (Lipinski definition) is 1. The summed E-state index contributed by atoms with van der Waals surface area (Å²) in [6, 6.07) is 5.50. The molecule has 0 aromatic heterocycles. The minimum absolute atomic E-state index is 0.0559. The largest absolute Gasteiger partial charge is 0.369 e. The topological polar surface area (TPSA) is 15.3 Å². The van der Waals surface area contributed by atoms with Crippen molar-refractivity contribution in [1.29, 1.82) is 0 Å². The zero-order valence-corrected chi connectivity index (χ0v) is 13.1. The number of piperidine rings is 1. The van der Waals surface area contributed by atoms with Crippen molar-refractivity contribution in [2.24, 2.45) is 11.8 Å². The standard InChI is InChI=1S/C18H27FN2/c1-2-20-12-15-8-5-9-17(19)18(15)21-11-10-14-6-3-4-7-16(14)13-21/h5,8-9,14,16,20H,2-4,6-7,10-13H2,1H3.